The molecule has 0 aromatic carbocycles. The fourth-order valence-electron chi connectivity index (χ4n) is 1.87. The highest BCUT2D eigenvalue weighted by molar-refractivity contribution is 5.92. The van der Waals surface area contributed by atoms with E-state index in [1.165, 1.54) is 0 Å². The van der Waals surface area contributed by atoms with Gasteiger partial charge in [0.2, 0.25) is 5.91 Å². The molecular weight excluding hydrogens is 192 g/mol. The summed E-state index contributed by atoms with van der Waals surface area (Å²) in [5.74, 6) is 0.00426. The molecule has 1 heterocycles. The van der Waals surface area contributed by atoms with Crippen molar-refractivity contribution in [3.63, 3.8) is 0 Å². The highest BCUT2D eigenvalue weighted by atomic mass is 16.3. The van der Waals surface area contributed by atoms with Gasteiger partial charge in [-0.1, -0.05) is 13.0 Å². The summed E-state index contributed by atoms with van der Waals surface area (Å²) in [5.41, 5.74) is 0.749. The van der Waals surface area contributed by atoms with Crippen LogP contribution in [0.5, 0.6) is 0 Å². The number of carbonyl (C=O) groups is 1. The zero-order valence-corrected chi connectivity index (χ0v) is 9.66. The second kappa shape index (κ2) is 5.28. The van der Waals surface area contributed by atoms with Crippen LogP contribution in [0.15, 0.2) is 11.6 Å². The van der Waals surface area contributed by atoms with E-state index in [2.05, 4.69) is 5.32 Å². The molecule has 1 amide bonds. The summed E-state index contributed by atoms with van der Waals surface area (Å²) in [6.45, 7) is 5.06. The van der Waals surface area contributed by atoms with E-state index in [-0.39, 0.29) is 11.9 Å². The van der Waals surface area contributed by atoms with E-state index < -0.39 is 6.10 Å². The Morgan fingerprint density at radius 3 is 2.73 bits per heavy atom. The SMILES string of the molecule is CC/C=C(/C)C(=O)N(C)[C@H]1CNC[C@@H]1O. The Morgan fingerprint density at radius 2 is 2.27 bits per heavy atom. The molecule has 0 aromatic heterocycles. The maximum absolute atomic E-state index is 11.9. The second-order valence-electron chi connectivity index (χ2n) is 4.00. The number of allylic oxidation sites excluding steroid dienone is 1. The van der Waals surface area contributed by atoms with Gasteiger partial charge >= 0.3 is 0 Å². The van der Waals surface area contributed by atoms with Gasteiger partial charge in [-0.25, -0.2) is 0 Å². The lowest BCUT2D eigenvalue weighted by molar-refractivity contribution is -0.129. The van der Waals surface area contributed by atoms with Crippen LogP contribution >= 0.6 is 0 Å². The first-order chi connectivity index (χ1) is 7.07. The van der Waals surface area contributed by atoms with Gasteiger partial charge in [0.1, 0.15) is 0 Å². The number of aliphatic hydroxyl groups excluding tert-OH is 1. The van der Waals surface area contributed by atoms with Crippen LogP contribution in [0.25, 0.3) is 0 Å². The summed E-state index contributed by atoms with van der Waals surface area (Å²) >= 11 is 0. The standard InChI is InChI=1S/C11H20N2O2/c1-4-5-8(2)11(15)13(3)9-6-12-7-10(9)14/h5,9-10,12,14H,4,6-7H2,1-3H3/b8-5-/t9-,10-/m0/s1. The van der Waals surface area contributed by atoms with Crippen LogP contribution in [-0.4, -0.2) is 48.2 Å². The molecule has 4 heteroatoms. The van der Waals surface area contributed by atoms with Gasteiger partial charge in [0.25, 0.3) is 0 Å². The first kappa shape index (κ1) is 12.2. The fourth-order valence-corrected chi connectivity index (χ4v) is 1.87. The minimum Gasteiger partial charge on any atom is -0.390 e. The molecule has 1 rings (SSSR count). The minimum atomic E-state index is -0.451. The van der Waals surface area contributed by atoms with Gasteiger partial charge in [-0.2, -0.15) is 0 Å². The summed E-state index contributed by atoms with van der Waals surface area (Å²) in [7, 11) is 1.75. The molecule has 1 fully saturated rings. The molecule has 0 radical (unpaired) electrons. The minimum absolute atomic E-state index is 0.00426. The number of likely N-dealkylation sites (N-methyl/N-ethyl adjacent to an activating group) is 1. The van der Waals surface area contributed by atoms with Crippen molar-refractivity contribution in [2.75, 3.05) is 20.1 Å². The number of nitrogens with zero attached hydrogens (tertiary/aromatic N) is 1. The van der Waals surface area contributed by atoms with E-state index in [1.54, 1.807) is 11.9 Å². The predicted molar refractivity (Wildman–Crippen MR) is 59.5 cm³/mol. The van der Waals surface area contributed by atoms with E-state index >= 15 is 0 Å². The fraction of sp³-hybridized carbons (Fsp3) is 0.727. The number of hydrogen-bond acceptors (Lipinski definition) is 3. The first-order valence-electron chi connectivity index (χ1n) is 5.40. The summed E-state index contributed by atoms with van der Waals surface area (Å²) < 4.78 is 0. The number of rotatable bonds is 3. The van der Waals surface area contributed by atoms with E-state index in [4.69, 9.17) is 0 Å². The van der Waals surface area contributed by atoms with E-state index in [1.807, 2.05) is 19.9 Å². The predicted octanol–water partition coefficient (Wildman–Crippen LogP) is 0.134. The molecule has 1 aliphatic heterocycles. The van der Waals surface area contributed by atoms with Crippen LogP contribution < -0.4 is 5.32 Å². The number of carbonyl (C=O) groups excluding carboxylic acids is 1. The van der Waals surface area contributed by atoms with Crippen LogP contribution in [0.4, 0.5) is 0 Å². The van der Waals surface area contributed by atoms with Gasteiger partial charge in [0.05, 0.1) is 12.1 Å². The number of amides is 1. The third-order valence-corrected chi connectivity index (χ3v) is 2.82. The van der Waals surface area contributed by atoms with E-state index in [9.17, 15) is 9.90 Å². The number of nitrogens with one attached hydrogen (secondary N) is 1. The lowest BCUT2D eigenvalue weighted by atomic mass is 10.1. The lowest BCUT2D eigenvalue weighted by Crippen LogP contribution is -2.44. The molecule has 0 aliphatic carbocycles. The smallest absolute Gasteiger partial charge is 0.249 e. The summed E-state index contributed by atoms with van der Waals surface area (Å²) in [6.07, 6.45) is 2.32. The van der Waals surface area contributed by atoms with Gasteiger partial charge in [0, 0.05) is 25.7 Å². The van der Waals surface area contributed by atoms with Crippen LogP contribution in [0.2, 0.25) is 0 Å². The Hall–Kier alpha value is -0.870. The van der Waals surface area contributed by atoms with Gasteiger partial charge in [-0.15, -0.1) is 0 Å². The zero-order chi connectivity index (χ0) is 11.4. The van der Waals surface area contributed by atoms with Crippen LogP contribution in [0, 0.1) is 0 Å². The van der Waals surface area contributed by atoms with E-state index in [0.29, 0.717) is 13.1 Å². The van der Waals surface area contributed by atoms with Crippen molar-refractivity contribution in [3.05, 3.63) is 11.6 Å². The maximum atomic E-state index is 11.9. The molecule has 0 bridgehead atoms. The largest absolute Gasteiger partial charge is 0.390 e. The topological polar surface area (TPSA) is 52.6 Å². The van der Waals surface area contributed by atoms with Crippen molar-refractivity contribution in [1.82, 2.24) is 10.2 Å². The van der Waals surface area contributed by atoms with Gasteiger partial charge in [-0.05, 0) is 13.3 Å². The average Bonchev–Trinajstić information content (AvgIpc) is 2.62. The van der Waals surface area contributed by atoms with Crippen LogP contribution in [0.3, 0.4) is 0 Å². The molecule has 2 N–H and O–H groups in total. The van der Waals surface area contributed by atoms with Crippen molar-refractivity contribution in [2.24, 2.45) is 0 Å². The quantitative estimate of drug-likeness (QED) is 0.654. The summed E-state index contributed by atoms with van der Waals surface area (Å²) in [6, 6.07) is -0.0993. The molecule has 0 spiro atoms. The number of aliphatic hydroxyl groups is 1. The first-order valence-corrected chi connectivity index (χ1v) is 5.40. The van der Waals surface area contributed by atoms with Crippen molar-refractivity contribution in [1.29, 1.82) is 0 Å². The molecular formula is C11H20N2O2. The number of hydrogen-bond donors (Lipinski definition) is 2. The Morgan fingerprint density at radius 1 is 1.60 bits per heavy atom. The third-order valence-electron chi connectivity index (χ3n) is 2.82. The molecule has 0 aromatic rings. The third kappa shape index (κ3) is 2.79. The molecule has 1 saturated heterocycles. The molecule has 86 valence electrons. The highest BCUT2D eigenvalue weighted by Crippen LogP contribution is 2.11. The molecule has 0 saturated carbocycles. The van der Waals surface area contributed by atoms with Crippen molar-refractivity contribution in [3.8, 4) is 0 Å². The molecule has 0 unspecified atom stereocenters. The van der Waals surface area contributed by atoms with Crippen LogP contribution in [0.1, 0.15) is 20.3 Å². The number of β-amino-alcohol motifs (C(OH)–C–C–N with tert-alkyl or cyclic N) is 1. The monoisotopic (exact) mass is 212 g/mol. The Labute approximate surface area is 91.0 Å². The van der Waals surface area contributed by atoms with Gasteiger partial charge in [0.15, 0.2) is 0 Å². The summed E-state index contributed by atoms with van der Waals surface area (Å²) in [4.78, 5) is 13.5. The Bertz CT molecular complexity index is 263. The zero-order valence-electron chi connectivity index (χ0n) is 9.66. The molecule has 1 aliphatic rings. The Kier molecular flexibility index (Phi) is 4.29. The Balaban J connectivity index is 2.63. The van der Waals surface area contributed by atoms with E-state index in [0.717, 1.165) is 12.0 Å². The molecule has 2 atom stereocenters. The van der Waals surface area contributed by atoms with Gasteiger partial charge in [-0.3, -0.25) is 4.79 Å². The van der Waals surface area contributed by atoms with Crippen molar-refractivity contribution < 1.29 is 9.90 Å². The average molecular weight is 212 g/mol. The maximum Gasteiger partial charge on any atom is 0.249 e. The van der Waals surface area contributed by atoms with Gasteiger partial charge < -0.3 is 15.3 Å². The lowest BCUT2D eigenvalue weighted by Gasteiger charge is -2.26. The molecule has 15 heavy (non-hydrogen) atoms. The highest BCUT2D eigenvalue weighted by Gasteiger charge is 2.31. The second-order valence-corrected chi connectivity index (χ2v) is 4.00. The summed E-state index contributed by atoms with van der Waals surface area (Å²) in [5, 5.41) is 12.7. The van der Waals surface area contributed by atoms with Crippen molar-refractivity contribution in [2.45, 2.75) is 32.4 Å². The normalized spacial score (nSPS) is 26.8. The van der Waals surface area contributed by atoms with Crippen LogP contribution in [-0.2, 0) is 4.79 Å². The molecule has 4 nitrogen and oxygen atoms in total. The van der Waals surface area contributed by atoms with Crippen molar-refractivity contribution >= 4 is 5.91 Å².